The zero-order valence-corrected chi connectivity index (χ0v) is 14.5. The normalized spacial score (nSPS) is 15.0. The summed E-state index contributed by atoms with van der Waals surface area (Å²) in [5, 5.41) is 5.63. The van der Waals surface area contributed by atoms with Crippen LogP contribution in [0.2, 0.25) is 0 Å². The molecular formula is C18H25N3O3. The van der Waals surface area contributed by atoms with Crippen molar-refractivity contribution in [3.63, 3.8) is 0 Å². The average Bonchev–Trinajstić information content (AvgIpc) is 3.33. The smallest absolute Gasteiger partial charge is 0.240 e. The lowest BCUT2D eigenvalue weighted by Gasteiger charge is -2.16. The largest absolute Gasteiger partial charge is 0.355 e. The van der Waals surface area contributed by atoms with E-state index >= 15 is 0 Å². The molecule has 1 saturated carbocycles. The van der Waals surface area contributed by atoms with Crippen molar-refractivity contribution < 1.29 is 14.4 Å². The first-order chi connectivity index (χ1) is 11.3. The molecule has 6 nitrogen and oxygen atoms in total. The van der Waals surface area contributed by atoms with Crippen LogP contribution in [-0.4, -0.2) is 49.7 Å². The van der Waals surface area contributed by atoms with Gasteiger partial charge in [0.25, 0.3) is 0 Å². The Morgan fingerprint density at radius 1 is 1.17 bits per heavy atom. The number of hydrogen-bond acceptors (Lipinski definition) is 4. The molecule has 2 amide bonds. The molecule has 0 atom stereocenters. The first kappa shape index (κ1) is 18.1. The van der Waals surface area contributed by atoms with Crippen molar-refractivity contribution in [3.8, 4) is 0 Å². The molecular weight excluding hydrogens is 306 g/mol. The molecule has 24 heavy (non-hydrogen) atoms. The number of ketones is 1. The van der Waals surface area contributed by atoms with Gasteiger partial charge in [-0.2, -0.15) is 0 Å². The molecule has 2 N–H and O–H groups in total. The zero-order valence-electron chi connectivity index (χ0n) is 14.5. The van der Waals surface area contributed by atoms with E-state index in [1.165, 1.54) is 6.92 Å². The van der Waals surface area contributed by atoms with Crippen molar-refractivity contribution in [2.75, 3.05) is 32.5 Å². The molecule has 0 bridgehead atoms. The molecule has 0 saturated heterocycles. The van der Waals surface area contributed by atoms with Gasteiger partial charge in [0.05, 0.1) is 0 Å². The summed E-state index contributed by atoms with van der Waals surface area (Å²) in [5.41, 5.74) is 0.120. The van der Waals surface area contributed by atoms with Crippen LogP contribution in [0.4, 0.5) is 5.69 Å². The highest BCUT2D eigenvalue weighted by atomic mass is 16.2. The summed E-state index contributed by atoms with van der Waals surface area (Å²) < 4.78 is 0. The van der Waals surface area contributed by atoms with Crippen molar-refractivity contribution in [3.05, 3.63) is 29.8 Å². The van der Waals surface area contributed by atoms with Crippen LogP contribution in [-0.2, 0) is 9.59 Å². The number of carbonyl (C=O) groups excluding carboxylic acids is 3. The molecule has 1 aliphatic carbocycles. The van der Waals surface area contributed by atoms with E-state index in [9.17, 15) is 14.4 Å². The van der Waals surface area contributed by atoms with Gasteiger partial charge in [-0.25, -0.2) is 0 Å². The van der Waals surface area contributed by atoms with Gasteiger partial charge in [0, 0.05) is 17.8 Å². The Bertz CT molecular complexity index is 636. The molecule has 2 rings (SSSR count). The van der Waals surface area contributed by atoms with Crippen molar-refractivity contribution in [2.45, 2.75) is 26.2 Å². The number of Topliss-reactive ketones (excluding diaryl/α,β-unsaturated/α-hetero) is 1. The summed E-state index contributed by atoms with van der Waals surface area (Å²) in [4.78, 5) is 38.3. The zero-order chi connectivity index (χ0) is 17.7. The SMILES string of the molecule is CC(=O)c1cccc(NC(=O)C2(C(=O)NCCCN(C)C)CC2)c1. The fraction of sp³-hybridized carbons (Fsp3) is 0.500. The number of nitrogens with one attached hydrogen (secondary N) is 2. The molecule has 1 aliphatic rings. The Morgan fingerprint density at radius 2 is 1.88 bits per heavy atom. The van der Waals surface area contributed by atoms with Crippen LogP contribution < -0.4 is 10.6 Å². The molecule has 130 valence electrons. The lowest BCUT2D eigenvalue weighted by Crippen LogP contribution is -2.40. The second-order valence-corrected chi connectivity index (χ2v) is 6.59. The Hall–Kier alpha value is -2.21. The van der Waals surface area contributed by atoms with Gasteiger partial charge in [0.15, 0.2) is 5.78 Å². The number of amides is 2. The van der Waals surface area contributed by atoms with Gasteiger partial charge in [-0.3, -0.25) is 14.4 Å². The highest BCUT2D eigenvalue weighted by molar-refractivity contribution is 6.13. The van der Waals surface area contributed by atoms with Gasteiger partial charge in [-0.1, -0.05) is 12.1 Å². The molecule has 6 heteroatoms. The topological polar surface area (TPSA) is 78.5 Å². The van der Waals surface area contributed by atoms with E-state index in [1.54, 1.807) is 24.3 Å². The number of hydrogen-bond donors (Lipinski definition) is 2. The van der Waals surface area contributed by atoms with Gasteiger partial charge < -0.3 is 15.5 Å². The molecule has 0 aliphatic heterocycles. The summed E-state index contributed by atoms with van der Waals surface area (Å²) in [6.07, 6.45) is 1.96. The predicted octanol–water partition coefficient (Wildman–Crippen LogP) is 1.68. The van der Waals surface area contributed by atoms with Crippen molar-refractivity contribution in [1.82, 2.24) is 10.2 Å². The fourth-order valence-electron chi connectivity index (χ4n) is 2.52. The summed E-state index contributed by atoms with van der Waals surface area (Å²) in [7, 11) is 3.96. The van der Waals surface area contributed by atoms with Crippen LogP contribution in [0.5, 0.6) is 0 Å². The Morgan fingerprint density at radius 3 is 2.46 bits per heavy atom. The number of carbonyl (C=O) groups is 3. The van der Waals surface area contributed by atoms with Crippen molar-refractivity contribution in [1.29, 1.82) is 0 Å². The van der Waals surface area contributed by atoms with Crippen LogP contribution >= 0.6 is 0 Å². The molecule has 0 spiro atoms. The highest BCUT2D eigenvalue weighted by Crippen LogP contribution is 2.46. The van der Waals surface area contributed by atoms with Crippen LogP contribution in [0, 0.1) is 5.41 Å². The standard InChI is InChI=1S/C18H25N3O3/c1-13(22)14-6-4-7-15(12-14)20-17(24)18(8-9-18)16(23)19-10-5-11-21(2)3/h4,6-7,12H,5,8-11H2,1-3H3,(H,19,23)(H,20,24). The van der Waals surface area contributed by atoms with Gasteiger partial charge in [-0.05, 0) is 59.0 Å². The van der Waals surface area contributed by atoms with E-state index < -0.39 is 5.41 Å². The van der Waals surface area contributed by atoms with Crippen LogP contribution in [0.25, 0.3) is 0 Å². The van der Waals surface area contributed by atoms with Crippen LogP contribution in [0.3, 0.4) is 0 Å². The van der Waals surface area contributed by atoms with Gasteiger partial charge >= 0.3 is 0 Å². The van der Waals surface area contributed by atoms with Crippen LogP contribution in [0.1, 0.15) is 36.5 Å². The Labute approximate surface area is 142 Å². The predicted molar refractivity (Wildman–Crippen MR) is 92.9 cm³/mol. The Kier molecular flexibility index (Phi) is 5.72. The molecule has 1 aromatic rings. The average molecular weight is 331 g/mol. The summed E-state index contributed by atoms with van der Waals surface area (Å²) in [6.45, 7) is 2.92. The molecule has 1 aromatic carbocycles. The molecule has 0 aromatic heterocycles. The maximum Gasteiger partial charge on any atom is 0.240 e. The minimum absolute atomic E-state index is 0.0640. The third-order valence-corrected chi connectivity index (χ3v) is 4.21. The number of benzene rings is 1. The minimum Gasteiger partial charge on any atom is -0.355 e. The van der Waals surface area contributed by atoms with E-state index in [0.717, 1.165) is 13.0 Å². The van der Waals surface area contributed by atoms with E-state index in [4.69, 9.17) is 0 Å². The lowest BCUT2D eigenvalue weighted by molar-refractivity contribution is -0.134. The first-order valence-electron chi connectivity index (χ1n) is 8.21. The van der Waals surface area contributed by atoms with Gasteiger partial charge in [0.1, 0.15) is 5.41 Å². The van der Waals surface area contributed by atoms with E-state index in [0.29, 0.717) is 30.6 Å². The van der Waals surface area contributed by atoms with Gasteiger partial charge in [0.2, 0.25) is 11.8 Å². The minimum atomic E-state index is -0.954. The van der Waals surface area contributed by atoms with E-state index in [2.05, 4.69) is 10.6 Å². The lowest BCUT2D eigenvalue weighted by atomic mass is 10.0. The quantitative estimate of drug-likeness (QED) is 0.431. The maximum absolute atomic E-state index is 12.5. The Balaban J connectivity index is 1.92. The monoisotopic (exact) mass is 331 g/mol. The van der Waals surface area contributed by atoms with Crippen LogP contribution in [0.15, 0.2) is 24.3 Å². The summed E-state index contributed by atoms with van der Waals surface area (Å²) in [6, 6.07) is 6.76. The number of anilines is 1. The molecule has 1 fully saturated rings. The summed E-state index contributed by atoms with van der Waals surface area (Å²) >= 11 is 0. The number of nitrogens with zero attached hydrogens (tertiary/aromatic N) is 1. The number of rotatable bonds is 8. The highest BCUT2D eigenvalue weighted by Gasteiger charge is 2.56. The fourth-order valence-corrected chi connectivity index (χ4v) is 2.52. The first-order valence-corrected chi connectivity index (χ1v) is 8.21. The maximum atomic E-state index is 12.5. The third-order valence-electron chi connectivity index (χ3n) is 4.21. The second-order valence-electron chi connectivity index (χ2n) is 6.59. The van der Waals surface area contributed by atoms with Crippen molar-refractivity contribution >= 4 is 23.3 Å². The molecule has 0 heterocycles. The van der Waals surface area contributed by atoms with E-state index in [1.807, 2.05) is 19.0 Å². The van der Waals surface area contributed by atoms with Crippen molar-refractivity contribution in [2.24, 2.45) is 5.41 Å². The molecule has 0 unspecified atom stereocenters. The van der Waals surface area contributed by atoms with Gasteiger partial charge in [-0.15, -0.1) is 0 Å². The second kappa shape index (κ2) is 7.57. The summed E-state index contributed by atoms with van der Waals surface area (Å²) in [5.74, 6) is -0.569. The third kappa shape index (κ3) is 4.41. The molecule has 0 radical (unpaired) electrons. The van der Waals surface area contributed by atoms with E-state index in [-0.39, 0.29) is 17.6 Å².